The zero-order valence-electron chi connectivity index (χ0n) is 7.80. The van der Waals surface area contributed by atoms with Crippen molar-refractivity contribution >= 4 is 11.8 Å². The maximum Gasteiger partial charge on any atom is 0.303 e. The molecule has 1 aromatic rings. The number of hydrogen-bond donors (Lipinski definition) is 3. The maximum atomic E-state index is 11.4. The molecule has 0 atom stereocenters. The molecule has 3 N–H and O–H groups in total. The lowest BCUT2D eigenvalue weighted by Gasteiger charge is -2.02. The number of phenols is 2. The number of carboxylic acids is 1. The summed E-state index contributed by atoms with van der Waals surface area (Å²) in [6.45, 7) is 0. The first-order chi connectivity index (χ1) is 7.00. The Morgan fingerprint density at radius 3 is 2.40 bits per heavy atom. The zero-order valence-corrected chi connectivity index (χ0v) is 7.80. The van der Waals surface area contributed by atoms with Crippen LogP contribution in [0.15, 0.2) is 18.2 Å². The first-order valence-electron chi connectivity index (χ1n) is 4.27. The van der Waals surface area contributed by atoms with Crippen molar-refractivity contribution in [1.82, 2.24) is 0 Å². The molecule has 0 aliphatic rings. The quantitative estimate of drug-likeness (QED) is 0.511. The molecule has 0 fully saturated rings. The second kappa shape index (κ2) is 4.45. The van der Waals surface area contributed by atoms with Crippen LogP contribution in [0.4, 0.5) is 0 Å². The fourth-order valence-electron chi connectivity index (χ4n) is 1.10. The molecule has 0 spiro atoms. The summed E-state index contributed by atoms with van der Waals surface area (Å²) in [5.41, 5.74) is -0.0590. The number of aromatic hydroxyl groups is 2. The number of ketones is 1. The normalized spacial score (nSPS) is 9.87. The second-order valence-electron chi connectivity index (χ2n) is 3.02. The summed E-state index contributed by atoms with van der Waals surface area (Å²) in [6, 6.07) is 3.53. The van der Waals surface area contributed by atoms with E-state index in [1.54, 1.807) is 0 Å². The number of rotatable bonds is 4. The van der Waals surface area contributed by atoms with Gasteiger partial charge in [-0.05, 0) is 18.2 Å². The van der Waals surface area contributed by atoms with Gasteiger partial charge in [0.25, 0.3) is 0 Å². The number of hydrogen-bond acceptors (Lipinski definition) is 4. The molecule has 0 unspecified atom stereocenters. The van der Waals surface area contributed by atoms with Gasteiger partial charge in [-0.1, -0.05) is 0 Å². The highest BCUT2D eigenvalue weighted by molar-refractivity contribution is 6.00. The van der Waals surface area contributed by atoms with E-state index in [4.69, 9.17) is 10.2 Å². The van der Waals surface area contributed by atoms with Crippen molar-refractivity contribution in [1.29, 1.82) is 0 Å². The van der Waals surface area contributed by atoms with Crippen LogP contribution in [0.25, 0.3) is 0 Å². The first kappa shape index (κ1) is 11.0. The average Bonchev–Trinajstić information content (AvgIpc) is 2.18. The lowest BCUT2D eigenvalue weighted by Crippen LogP contribution is -2.03. The van der Waals surface area contributed by atoms with Gasteiger partial charge in [0.15, 0.2) is 5.78 Å². The van der Waals surface area contributed by atoms with E-state index in [1.165, 1.54) is 12.1 Å². The molecule has 0 radical (unpaired) electrons. The highest BCUT2D eigenvalue weighted by Gasteiger charge is 2.13. The lowest BCUT2D eigenvalue weighted by atomic mass is 10.1. The summed E-state index contributed by atoms with van der Waals surface area (Å²) in [7, 11) is 0. The predicted molar refractivity (Wildman–Crippen MR) is 51.0 cm³/mol. The van der Waals surface area contributed by atoms with E-state index >= 15 is 0 Å². The topological polar surface area (TPSA) is 94.8 Å². The van der Waals surface area contributed by atoms with Crippen LogP contribution in [-0.2, 0) is 4.79 Å². The minimum Gasteiger partial charge on any atom is -0.508 e. The van der Waals surface area contributed by atoms with Gasteiger partial charge in [-0.25, -0.2) is 0 Å². The van der Waals surface area contributed by atoms with E-state index in [-0.39, 0.29) is 29.9 Å². The Labute approximate surface area is 85.6 Å². The second-order valence-corrected chi connectivity index (χ2v) is 3.02. The summed E-state index contributed by atoms with van der Waals surface area (Å²) >= 11 is 0. The summed E-state index contributed by atoms with van der Waals surface area (Å²) in [5, 5.41) is 26.7. The van der Waals surface area contributed by atoms with E-state index in [1.807, 2.05) is 0 Å². The molecule has 1 rings (SSSR count). The van der Waals surface area contributed by atoms with Gasteiger partial charge in [-0.3, -0.25) is 9.59 Å². The number of carboxylic acid groups (broad SMARTS) is 1. The van der Waals surface area contributed by atoms with Crippen LogP contribution >= 0.6 is 0 Å². The van der Waals surface area contributed by atoms with Gasteiger partial charge in [0.05, 0.1) is 12.0 Å². The van der Waals surface area contributed by atoms with E-state index in [0.717, 1.165) is 6.07 Å². The van der Waals surface area contributed by atoms with Gasteiger partial charge in [0.1, 0.15) is 11.5 Å². The number of aliphatic carboxylic acids is 1. The van der Waals surface area contributed by atoms with Crippen LogP contribution in [0.3, 0.4) is 0 Å². The third-order valence-electron chi connectivity index (χ3n) is 1.85. The van der Waals surface area contributed by atoms with Crippen molar-refractivity contribution in [2.45, 2.75) is 12.8 Å². The van der Waals surface area contributed by atoms with E-state index in [9.17, 15) is 14.7 Å². The summed E-state index contributed by atoms with van der Waals surface area (Å²) in [4.78, 5) is 21.6. The van der Waals surface area contributed by atoms with E-state index < -0.39 is 11.8 Å². The molecule has 5 heteroatoms. The van der Waals surface area contributed by atoms with Crippen molar-refractivity contribution < 1.29 is 24.9 Å². The van der Waals surface area contributed by atoms with E-state index in [2.05, 4.69) is 0 Å². The molecule has 0 aliphatic carbocycles. The van der Waals surface area contributed by atoms with Crippen LogP contribution in [0.2, 0.25) is 0 Å². The molecule has 0 saturated carbocycles. The highest BCUT2D eigenvalue weighted by atomic mass is 16.4. The molecule has 5 nitrogen and oxygen atoms in total. The van der Waals surface area contributed by atoms with Crippen molar-refractivity contribution in [3.05, 3.63) is 23.8 Å². The monoisotopic (exact) mass is 210 g/mol. The van der Waals surface area contributed by atoms with Crippen LogP contribution in [-0.4, -0.2) is 27.1 Å². The van der Waals surface area contributed by atoms with Gasteiger partial charge in [-0.15, -0.1) is 0 Å². The Hall–Kier alpha value is -2.04. The van der Waals surface area contributed by atoms with Crippen molar-refractivity contribution in [3.63, 3.8) is 0 Å². The maximum absolute atomic E-state index is 11.4. The Bertz CT molecular complexity index is 397. The Morgan fingerprint density at radius 1 is 1.13 bits per heavy atom. The Morgan fingerprint density at radius 2 is 1.80 bits per heavy atom. The summed E-state index contributed by atoms with van der Waals surface area (Å²) < 4.78 is 0. The zero-order chi connectivity index (χ0) is 11.4. The fourth-order valence-corrected chi connectivity index (χ4v) is 1.10. The standard InChI is InChI=1S/C10H10O5/c11-6-1-2-8(12)7(5-6)9(13)3-4-10(14)15/h1-2,5,11-12H,3-4H2,(H,14,15). The largest absolute Gasteiger partial charge is 0.508 e. The van der Waals surface area contributed by atoms with Gasteiger partial charge in [0.2, 0.25) is 0 Å². The minimum atomic E-state index is -1.08. The third kappa shape index (κ3) is 2.98. The molecule has 0 bridgehead atoms. The number of benzene rings is 1. The molecule has 0 heterocycles. The molecule has 80 valence electrons. The van der Waals surface area contributed by atoms with Crippen molar-refractivity contribution in [3.8, 4) is 11.5 Å². The average molecular weight is 210 g/mol. The van der Waals surface area contributed by atoms with Crippen LogP contribution in [0.5, 0.6) is 11.5 Å². The van der Waals surface area contributed by atoms with Gasteiger partial charge in [0, 0.05) is 6.42 Å². The third-order valence-corrected chi connectivity index (χ3v) is 1.85. The molecule has 0 amide bonds. The Kier molecular flexibility index (Phi) is 3.28. The van der Waals surface area contributed by atoms with Gasteiger partial charge < -0.3 is 15.3 Å². The van der Waals surface area contributed by atoms with Crippen LogP contribution in [0.1, 0.15) is 23.2 Å². The van der Waals surface area contributed by atoms with Gasteiger partial charge >= 0.3 is 5.97 Å². The predicted octanol–water partition coefficient (Wildman–Crippen LogP) is 1.15. The molecular weight excluding hydrogens is 200 g/mol. The number of carbonyl (C=O) groups is 2. The highest BCUT2D eigenvalue weighted by Crippen LogP contribution is 2.23. The number of Topliss-reactive ketones (excluding diaryl/α,β-unsaturated/α-hetero) is 1. The number of carbonyl (C=O) groups excluding carboxylic acids is 1. The smallest absolute Gasteiger partial charge is 0.303 e. The summed E-state index contributed by atoms with van der Waals surface area (Å²) in [6.07, 6.45) is -0.500. The Balaban J connectivity index is 2.81. The van der Waals surface area contributed by atoms with E-state index in [0.29, 0.717) is 0 Å². The number of phenolic OH excluding ortho intramolecular Hbond substituents is 2. The minimum absolute atomic E-state index is 0.0590. The van der Waals surface area contributed by atoms with Crippen LogP contribution in [0, 0.1) is 0 Å². The fraction of sp³-hybridized carbons (Fsp3) is 0.200. The molecule has 1 aromatic carbocycles. The van der Waals surface area contributed by atoms with Crippen LogP contribution < -0.4 is 0 Å². The van der Waals surface area contributed by atoms with Crippen molar-refractivity contribution in [2.75, 3.05) is 0 Å². The molecule has 0 aromatic heterocycles. The van der Waals surface area contributed by atoms with Gasteiger partial charge in [-0.2, -0.15) is 0 Å². The molecular formula is C10H10O5. The molecule has 15 heavy (non-hydrogen) atoms. The SMILES string of the molecule is O=C(O)CCC(=O)c1cc(O)ccc1O. The molecule has 0 aliphatic heterocycles. The lowest BCUT2D eigenvalue weighted by molar-refractivity contribution is -0.136. The molecule has 0 saturated heterocycles. The summed E-state index contributed by atoms with van der Waals surface area (Å²) in [5.74, 6) is -2.00. The van der Waals surface area contributed by atoms with Crippen molar-refractivity contribution in [2.24, 2.45) is 0 Å². The first-order valence-corrected chi connectivity index (χ1v) is 4.27.